The lowest BCUT2D eigenvalue weighted by Crippen LogP contribution is -2.31. The van der Waals surface area contributed by atoms with Crippen molar-refractivity contribution in [2.24, 2.45) is 0 Å². The second-order valence-electron chi connectivity index (χ2n) is 4.82. The van der Waals surface area contributed by atoms with Gasteiger partial charge in [0.15, 0.2) is 0 Å². The summed E-state index contributed by atoms with van der Waals surface area (Å²) in [6.07, 6.45) is 2.19. The van der Waals surface area contributed by atoms with Gasteiger partial charge in [0.05, 0.1) is 18.9 Å². The SMILES string of the molecule is CC[C@H](O)CN(Cc1ccco1)Cc1ccc(C)s1. The van der Waals surface area contributed by atoms with Gasteiger partial charge in [-0.2, -0.15) is 0 Å². The Morgan fingerprint density at radius 3 is 2.74 bits per heavy atom. The number of nitrogens with zero attached hydrogens (tertiary/aromatic N) is 1. The fraction of sp³-hybridized carbons (Fsp3) is 0.467. The topological polar surface area (TPSA) is 36.6 Å². The van der Waals surface area contributed by atoms with E-state index in [1.807, 2.05) is 30.4 Å². The van der Waals surface area contributed by atoms with Crippen LogP contribution in [-0.4, -0.2) is 22.7 Å². The molecule has 2 heterocycles. The van der Waals surface area contributed by atoms with Gasteiger partial charge >= 0.3 is 0 Å². The van der Waals surface area contributed by atoms with Crippen molar-refractivity contribution in [3.05, 3.63) is 46.0 Å². The van der Waals surface area contributed by atoms with Crippen LogP contribution in [0.15, 0.2) is 34.9 Å². The molecule has 0 unspecified atom stereocenters. The molecule has 2 aromatic rings. The van der Waals surface area contributed by atoms with E-state index in [0.717, 1.165) is 25.3 Å². The van der Waals surface area contributed by atoms with Gasteiger partial charge in [-0.05, 0) is 37.6 Å². The Morgan fingerprint density at radius 1 is 1.32 bits per heavy atom. The van der Waals surface area contributed by atoms with Crippen molar-refractivity contribution < 1.29 is 9.52 Å². The van der Waals surface area contributed by atoms with Crippen LogP contribution in [0, 0.1) is 6.92 Å². The molecule has 0 aliphatic heterocycles. The van der Waals surface area contributed by atoms with Crippen LogP contribution >= 0.6 is 11.3 Å². The zero-order chi connectivity index (χ0) is 13.7. The highest BCUT2D eigenvalue weighted by molar-refractivity contribution is 7.11. The molecule has 0 aliphatic carbocycles. The first-order valence-corrected chi connectivity index (χ1v) is 7.47. The van der Waals surface area contributed by atoms with E-state index in [0.29, 0.717) is 6.54 Å². The van der Waals surface area contributed by atoms with Gasteiger partial charge in [-0.1, -0.05) is 6.92 Å². The van der Waals surface area contributed by atoms with Crippen LogP contribution in [0.5, 0.6) is 0 Å². The number of hydrogen-bond donors (Lipinski definition) is 1. The van der Waals surface area contributed by atoms with E-state index in [1.165, 1.54) is 9.75 Å². The lowest BCUT2D eigenvalue weighted by molar-refractivity contribution is 0.0979. The van der Waals surface area contributed by atoms with Gasteiger partial charge in [0.25, 0.3) is 0 Å². The molecule has 104 valence electrons. The second-order valence-corrected chi connectivity index (χ2v) is 6.20. The maximum Gasteiger partial charge on any atom is 0.117 e. The molecule has 0 bridgehead atoms. The molecule has 0 aromatic carbocycles. The quantitative estimate of drug-likeness (QED) is 0.843. The zero-order valence-electron chi connectivity index (χ0n) is 11.5. The Kier molecular flexibility index (Phi) is 5.19. The van der Waals surface area contributed by atoms with Crippen LogP contribution in [0.4, 0.5) is 0 Å². The number of rotatable bonds is 7. The maximum atomic E-state index is 9.87. The Hall–Kier alpha value is -1.10. The van der Waals surface area contributed by atoms with Gasteiger partial charge in [0, 0.05) is 22.8 Å². The Bertz CT molecular complexity index is 478. The first-order chi connectivity index (χ1) is 9.17. The standard InChI is InChI=1S/C15H21NO2S/c1-3-13(17)9-16(10-14-5-4-8-18-14)11-15-7-6-12(2)19-15/h4-8,13,17H,3,9-11H2,1-2H3/t13-/m0/s1. The number of aliphatic hydroxyl groups excluding tert-OH is 1. The first kappa shape index (κ1) is 14.3. The van der Waals surface area contributed by atoms with Crippen LogP contribution in [0.3, 0.4) is 0 Å². The van der Waals surface area contributed by atoms with Crippen molar-refractivity contribution in [2.75, 3.05) is 6.54 Å². The molecule has 19 heavy (non-hydrogen) atoms. The lowest BCUT2D eigenvalue weighted by atomic mass is 10.2. The van der Waals surface area contributed by atoms with Crippen molar-refractivity contribution in [3.8, 4) is 0 Å². The summed E-state index contributed by atoms with van der Waals surface area (Å²) in [6, 6.07) is 8.18. The maximum absolute atomic E-state index is 9.87. The third-order valence-corrected chi connectivity index (χ3v) is 4.06. The van der Waals surface area contributed by atoms with Crippen LogP contribution in [-0.2, 0) is 13.1 Å². The molecular weight excluding hydrogens is 258 g/mol. The number of thiophene rings is 1. The van der Waals surface area contributed by atoms with E-state index < -0.39 is 0 Å². The zero-order valence-corrected chi connectivity index (χ0v) is 12.3. The van der Waals surface area contributed by atoms with Crippen LogP contribution in [0.1, 0.15) is 28.9 Å². The van der Waals surface area contributed by atoms with E-state index in [4.69, 9.17) is 4.42 Å². The van der Waals surface area contributed by atoms with Crippen LogP contribution in [0.2, 0.25) is 0 Å². The minimum absolute atomic E-state index is 0.281. The first-order valence-electron chi connectivity index (χ1n) is 6.65. The lowest BCUT2D eigenvalue weighted by Gasteiger charge is -2.23. The molecule has 0 radical (unpaired) electrons. The third-order valence-electron chi connectivity index (χ3n) is 3.08. The van der Waals surface area contributed by atoms with E-state index in [-0.39, 0.29) is 6.10 Å². The number of aryl methyl sites for hydroxylation is 1. The number of furan rings is 1. The van der Waals surface area contributed by atoms with E-state index in [9.17, 15) is 5.11 Å². The average Bonchev–Trinajstić information content (AvgIpc) is 3.01. The third kappa shape index (κ3) is 4.49. The molecule has 0 aliphatic rings. The summed E-state index contributed by atoms with van der Waals surface area (Å²) in [4.78, 5) is 4.88. The molecule has 1 N–H and O–H groups in total. The van der Waals surface area contributed by atoms with Gasteiger partial charge in [-0.3, -0.25) is 4.90 Å². The van der Waals surface area contributed by atoms with E-state index in [1.54, 1.807) is 6.26 Å². The van der Waals surface area contributed by atoms with Gasteiger partial charge in [0.1, 0.15) is 5.76 Å². The Morgan fingerprint density at radius 2 is 2.16 bits per heavy atom. The van der Waals surface area contributed by atoms with Crippen LogP contribution in [0.25, 0.3) is 0 Å². The normalized spacial score (nSPS) is 13.1. The summed E-state index contributed by atoms with van der Waals surface area (Å²) >= 11 is 1.81. The van der Waals surface area contributed by atoms with Gasteiger partial charge in [0.2, 0.25) is 0 Å². The van der Waals surface area contributed by atoms with Gasteiger partial charge in [-0.25, -0.2) is 0 Å². The molecule has 0 saturated carbocycles. The second kappa shape index (κ2) is 6.89. The Balaban J connectivity index is 2.00. The molecule has 0 saturated heterocycles. The smallest absolute Gasteiger partial charge is 0.117 e. The summed E-state index contributed by atoms with van der Waals surface area (Å²) in [6.45, 7) is 6.39. The summed E-state index contributed by atoms with van der Waals surface area (Å²) in [5.41, 5.74) is 0. The fourth-order valence-electron chi connectivity index (χ4n) is 2.03. The molecule has 0 fully saturated rings. The van der Waals surface area contributed by atoms with Gasteiger partial charge in [-0.15, -0.1) is 11.3 Å². The summed E-state index contributed by atoms with van der Waals surface area (Å²) in [5.74, 6) is 0.941. The minimum atomic E-state index is -0.281. The summed E-state index contributed by atoms with van der Waals surface area (Å²) < 4.78 is 5.40. The number of hydrogen-bond acceptors (Lipinski definition) is 4. The van der Waals surface area contributed by atoms with Crippen molar-refractivity contribution >= 4 is 11.3 Å². The summed E-state index contributed by atoms with van der Waals surface area (Å²) in [5, 5.41) is 9.87. The molecule has 4 heteroatoms. The monoisotopic (exact) mass is 279 g/mol. The molecule has 3 nitrogen and oxygen atoms in total. The highest BCUT2D eigenvalue weighted by Crippen LogP contribution is 2.19. The minimum Gasteiger partial charge on any atom is -0.468 e. The van der Waals surface area contributed by atoms with E-state index in [2.05, 4.69) is 24.0 Å². The summed E-state index contributed by atoms with van der Waals surface area (Å²) in [7, 11) is 0. The molecular formula is C15H21NO2S. The largest absolute Gasteiger partial charge is 0.468 e. The number of aliphatic hydroxyl groups is 1. The van der Waals surface area contributed by atoms with E-state index >= 15 is 0 Å². The fourth-order valence-corrected chi connectivity index (χ4v) is 2.96. The molecule has 0 amide bonds. The molecule has 0 spiro atoms. The van der Waals surface area contributed by atoms with Crippen molar-refractivity contribution in [3.63, 3.8) is 0 Å². The van der Waals surface area contributed by atoms with Crippen molar-refractivity contribution in [1.29, 1.82) is 0 Å². The molecule has 2 aromatic heterocycles. The average molecular weight is 279 g/mol. The van der Waals surface area contributed by atoms with Crippen LogP contribution < -0.4 is 0 Å². The highest BCUT2D eigenvalue weighted by atomic mass is 32.1. The predicted molar refractivity (Wildman–Crippen MR) is 78.2 cm³/mol. The highest BCUT2D eigenvalue weighted by Gasteiger charge is 2.13. The predicted octanol–water partition coefficient (Wildman–Crippen LogP) is 3.42. The van der Waals surface area contributed by atoms with Gasteiger partial charge < -0.3 is 9.52 Å². The Labute approximate surface area is 118 Å². The molecule has 2 rings (SSSR count). The molecule has 1 atom stereocenters. The van der Waals surface area contributed by atoms with Crippen molar-refractivity contribution in [2.45, 2.75) is 39.5 Å². The van der Waals surface area contributed by atoms with Crippen molar-refractivity contribution in [1.82, 2.24) is 4.90 Å².